The molecule has 2 rings (SSSR count). The Bertz CT molecular complexity index is 181. The molecule has 0 radical (unpaired) electrons. The predicted molar refractivity (Wildman–Crippen MR) is 60.2 cm³/mol. The Kier molecular flexibility index (Phi) is 3.45. The minimum Gasteiger partial charge on any atom is -0.330 e. The third kappa shape index (κ3) is 2.29. The summed E-state index contributed by atoms with van der Waals surface area (Å²) in [5.74, 6) is 1.73. The van der Waals surface area contributed by atoms with E-state index in [-0.39, 0.29) is 0 Å². The van der Waals surface area contributed by atoms with Gasteiger partial charge in [-0.05, 0) is 57.0 Å². The van der Waals surface area contributed by atoms with Crippen LogP contribution in [-0.2, 0) is 0 Å². The molecule has 82 valence electrons. The van der Waals surface area contributed by atoms with Crippen molar-refractivity contribution in [1.29, 1.82) is 0 Å². The first-order valence-electron chi connectivity index (χ1n) is 6.23. The average molecular weight is 196 g/mol. The Labute approximate surface area is 87.8 Å². The van der Waals surface area contributed by atoms with Crippen LogP contribution in [0.1, 0.15) is 39.0 Å². The summed E-state index contributed by atoms with van der Waals surface area (Å²) < 4.78 is 0. The Morgan fingerprint density at radius 2 is 2.14 bits per heavy atom. The fourth-order valence-electron chi connectivity index (χ4n) is 3.13. The number of likely N-dealkylation sites (tertiary alicyclic amines) is 1. The van der Waals surface area contributed by atoms with E-state index in [0.29, 0.717) is 0 Å². The summed E-state index contributed by atoms with van der Waals surface area (Å²) in [6.45, 7) is 5.88. The normalized spacial score (nSPS) is 40.3. The third-order valence-corrected chi connectivity index (χ3v) is 4.07. The van der Waals surface area contributed by atoms with Gasteiger partial charge in [0.15, 0.2) is 0 Å². The van der Waals surface area contributed by atoms with E-state index in [2.05, 4.69) is 11.8 Å². The SMILES string of the molecule is CC1CCC(N2CCCC(CN)C2)C1. The van der Waals surface area contributed by atoms with Gasteiger partial charge in [-0.2, -0.15) is 0 Å². The molecule has 14 heavy (non-hydrogen) atoms. The molecule has 0 aromatic heterocycles. The fraction of sp³-hybridized carbons (Fsp3) is 1.00. The summed E-state index contributed by atoms with van der Waals surface area (Å²) in [7, 11) is 0. The van der Waals surface area contributed by atoms with Crippen molar-refractivity contribution in [3.05, 3.63) is 0 Å². The maximum Gasteiger partial charge on any atom is 0.00980 e. The second-order valence-corrected chi connectivity index (χ2v) is 5.31. The van der Waals surface area contributed by atoms with Gasteiger partial charge in [-0.1, -0.05) is 6.92 Å². The summed E-state index contributed by atoms with van der Waals surface area (Å²) >= 11 is 0. The molecule has 0 aromatic carbocycles. The lowest BCUT2D eigenvalue weighted by Gasteiger charge is -2.36. The lowest BCUT2D eigenvalue weighted by Crippen LogP contribution is -2.43. The first-order chi connectivity index (χ1) is 6.79. The van der Waals surface area contributed by atoms with Crippen molar-refractivity contribution < 1.29 is 0 Å². The topological polar surface area (TPSA) is 29.3 Å². The largest absolute Gasteiger partial charge is 0.330 e. The van der Waals surface area contributed by atoms with Gasteiger partial charge < -0.3 is 10.6 Å². The van der Waals surface area contributed by atoms with Crippen molar-refractivity contribution >= 4 is 0 Å². The molecule has 0 bridgehead atoms. The van der Waals surface area contributed by atoms with E-state index in [1.165, 1.54) is 45.2 Å². The van der Waals surface area contributed by atoms with Crippen molar-refractivity contribution in [2.75, 3.05) is 19.6 Å². The minimum atomic E-state index is 0.777. The molecule has 0 amide bonds. The zero-order valence-electron chi connectivity index (χ0n) is 9.41. The van der Waals surface area contributed by atoms with Crippen molar-refractivity contribution in [2.45, 2.75) is 45.1 Å². The molecular formula is C12H24N2. The van der Waals surface area contributed by atoms with Gasteiger partial charge in [-0.15, -0.1) is 0 Å². The first-order valence-corrected chi connectivity index (χ1v) is 6.23. The van der Waals surface area contributed by atoms with Gasteiger partial charge in [0.1, 0.15) is 0 Å². The Morgan fingerprint density at radius 1 is 1.29 bits per heavy atom. The standard InChI is InChI=1S/C12H24N2/c1-10-4-5-12(7-10)14-6-2-3-11(8-13)9-14/h10-12H,2-9,13H2,1H3. The molecule has 3 atom stereocenters. The highest BCUT2D eigenvalue weighted by Gasteiger charge is 2.29. The summed E-state index contributed by atoms with van der Waals surface area (Å²) in [6.07, 6.45) is 7.02. The van der Waals surface area contributed by atoms with Crippen LogP contribution in [0.15, 0.2) is 0 Å². The van der Waals surface area contributed by atoms with E-state index in [1.54, 1.807) is 0 Å². The summed E-state index contributed by atoms with van der Waals surface area (Å²) in [4.78, 5) is 2.71. The Hall–Kier alpha value is -0.0800. The molecule has 2 aliphatic rings. The van der Waals surface area contributed by atoms with Crippen LogP contribution in [0.2, 0.25) is 0 Å². The molecular weight excluding hydrogens is 172 g/mol. The highest BCUT2D eigenvalue weighted by molar-refractivity contribution is 4.84. The Balaban J connectivity index is 1.84. The molecule has 1 aliphatic carbocycles. The smallest absolute Gasteiger partial charge is 0.00980 e. The summed E-state index contributed by atoms with van der Waals surface area (Å²) in [5.41, 5.74) is 5.76. The molecule has 3 unspecified atom stereocenters. The summed E-state index contributed by atoms with van der Waals surface area (Å²) in [6, 6.07) is 0.888. The second-order valence-electron chi connectivity index (χ2n) is 5.31. The van der Waals surface area contributed by atoms with Crippen molar-refractivity contribution in [1.82, 2.24) is 4.90 Å². The summed E-state index contributed by atoms with van der Waals surface area (Å²) in [5, 5.41) is 0. The van der Waals surface area contributed by atoms with Crippen molar-refractivity contribution in [3.63, 3.8) is 0 Å². The van der Waals surface area contributed by atoms with Gasteiger partial charge in [0.2, 0.25) is 0 Å². The van der Waals surface area contributed by atoms with Gasteiger partial charge in [0, 0.05) is 12.6 Å². The van der Waals surface area contributed by atoms with E-state index in [1.807, 2.05) is 0 Å². The lowest BCUT2D eigenvalue weighted by atomic mass is 9.96. The van der Waals surface area contributed by atoms with E-state index >= 15 is 0 Å². The second kappa shape index (κ2) is 4.63. The number of piperidine rings is 1. The van der Waals surface area contributed by atoms with Gasteiger partial charge in [0.05, 0.1) is 0 Å². The monoisotopic (exact) mass is 196 g/mol. The maximum atomic E-state index is 5.76. The zero-order chi connectivity index (χ0) is 9.97. The van der Waals surface area contributed by atoms with Crippen LogP contribution < -0.4 is 5.73 Å². The lowest BCUT2D eigenvalue weighted by molar-refractivity contribution is 0.126. The van der Waals surface area contributed by atoms with Crippen LogP contribution in [0, 0.1) is 11.8 Å². The molecule has 1 heterocycles. The van der Waals surface area contributed by atoms with Gasteiger partial charge >= 0.3 is 0 Å². The number of nitrogens with zero attached hydrogens (tertiary/aromatic N) is 1. The van der Waals surface area contributed by atoms with E-state index in [9.17, 15) is 0 Å². The molecule has 1 saturated heterocycles. The number of rotatable bonds is 2. The average Bonchev–Trinajstić information content (AvgIpc) is 2.65. The predicted octanol–water partition coefficient (Wildman–Crippen LogP) is 1.85. The molecule has 1 saturated carbocycles. The molecule has 2 nitrogen and oxygen atoms in total. The van der Waals surface area contributed by atoms with Crippen molar-refractivity contribution in [3.8, 4) is 0 Å². The highest BCUT2D eigenvalue weighted by Crippen LogP contribution is 2.31. The van der Waals surface area contributed by atoms with Crippen molar-refractivity contribution in [2.24, 2.45) is 17.6 Å². The highest BCUT2D eigenvalue weighted by atomic mass is 15.2. The van der Waals surface area contributed by atoms with Crippen LogP contribution in [0.25, 0.3) is 0 Å². The van der Waals surface area contributed by atoms with Crippen LogP contribution in [0.4, 0.5) is 0 Å². The molecule has 2 heteroatoms. The number of hydrogen-bond donors (Lipinski definition) is 1. The third-order valence-electron chi connectivity index (χ3n) is 4.07. The van der Waals surface area contributed by atoms with Crippen LogP contribution >= 0.6 is 0 Å². The number of nitrogens with two attached hydrogens (primary N) is 1. The van der Waals surface area contributed by atoms with Crippen LogP contribution in [-0.4, -0.2) is 30.6 Å². The quantitative estimate of drug-likeness (QED) is 0.730. The van der Waals surface area contributed by atoms with E-state index < -0.39 is 0 Å². The molecule has 0 spiro atoms. The van der Waals surface area contributed by atoms with Gasteiger partial charge in [-0.25, -0.2) is 0 Å². The molecule has 2 fully saturated rings. The van der Waals surface area contributed by atoms with Crippen LogP contribution in [0.5, 0.6) is 0 Å². The maximum absolute atomic E-state index is 5.76. The van der Waals surface area contributed by atoms with Gasteiger partial charge in [-0.3, -0.25) is 0 Å². The fourth-order valence-corrected chi connectivity index (χ4v) is 3.13. The van der Waals surface area contributed by atoms with Crippen LogP contribution in [0.3, 0.4) is 0 Å². The Morgan fingerprint density at radius 3 is 2.79 bits per heavy atom. The zero-order valence-corrected chi connectivity index (χ0v) is 9.41. The first kappa shape index (κ1) is 10.4. The minimum absolute atomic E-state index is 0.777. The number of hydrogen-bond acceptors (Lipinski definition) is 2. The van der Waals surface area contributed by atoms with E-state index in [4.69, 9.17) is 5.73 Å². The van der Waals surface area contributed by atoms with E-state index in [0.717, 1.165) is 24.4 Å². The molecule has 2 N–H and O–H groups in total. The molecule has 0 aromatic rings. The van der Waals surface area contributed by atoms with Gasteiger partial charge in [0.25, 0.3) is 0 Å². The molecule has 1 aliphatic heterocycles.